The smallest absolute Gasteiger partial charge is 0.244 e. The standard InChI is InChI=1S/C11H12N2O2S/c14-7-9-10(15-8-3-1-2-4-8)12-11-13(9)5-6-16-11/h5-8H,1-4H2. The molecule has 5 heteroatoms. The molecule has 2 heterocycles. The maximum atomic E-state index is 11.0. The molecule has 0 aliphatic heterocycles. The minimum Gasteiger partial charge on any atom is -0.473 e. The van der Waals surface area contributed by atoms with Gasteiger partial charge in [0.2, 0.25) is 5.88 Å². The molecule has 0 spiro atoms. The molecule has 1 aliphatic rings. The van der Waals surface area contributed by atoms with Crippen LogP contribution in [0.25, 0.3) is 4.96 Å². The molecule has 0 radical (unpaired) electrons. The Morgan fingerprint density at radius 1 is 1.50 bits per heavy atom. The molecule has 16 heavy (non-hydrogen) atoms. The first-order valence-electron chi connectivity index (χ1n) is 5.46. The van der Waals surface area contributed by atoms with Gasteiger partial charge in [-0.2, -0.15) is 4.98 Å². The van der Waals surface area contributed by atoms with Crippen molar-refractivity contribution in [1.82, 2.24) is 9.38 Å². The zero-order chi connectivity index (χ0) is 11.0. The van der Waals surface area contributed by atoms with Crippen LogP contribution in [0.15, 0.2) is 11.6 Å². The van der Waals surface area contributed by atoms with Gasteiger partial charge in [0.1, 0.15) is 6.10 Å². The lowest BCUT2D eigenvalue weighted by molar-refractivity contribution is 0.111. The highest BCUT2D eigenvalue weighted by Gasteiger charge is 2.21. The molecule has 2 aromatic heterocycles. The van der Waals surface area contributed by atoms with E-state index in [0.717, 1.165) is 24.1 Å². The third-order valence-electron chi connectivity index (χ3n) is 2.96. The van der Waals surface area contributed by atoms with Gasteiger partial charge in [-0.15, -0.1) is 11.3 Å². The van der Waals surface area contributed by atoms with Gasteiger partial charge < -0.3 is 4.74 Å². The lowest BCUT2D eigenvalue weighted by atomic mass is 10.3. The van der Waals surface area contributed by atoms with Crippen molar-refractivity contribution in [3.63, 3.8) is 0 Å². The number of rotatable bonds is 3. The van der Waals surface area contributed by atoms with Gasteiger partial charge in [0.05, 0.1) is 0 Å². The Kier molecular flexibility index (Phi) is 2.40. The summed E-state index contributed by atoms with van der Waals surface area (Å²) in [5.74, 6) is 0.494. The van der Waals surface area contributed by atoms with Crippen LogP contribution in [0.4, 0.5) is 0 Å². The van der Waals surface area contributed by atoms with Crippen LogP contribution in [-0.4, -0.2) is 21.8 Å². The number of imidazole rings is 1. The fraction of sp³-hybridized carbons (Fsp3) is 0.455. The maximum absolute atomic E-state index is 11.0. The van der Waals surface area contributed by atoms with E-state index in [4.69, 9.17) is 4.74 Å². The molecule has 0 saturated heterocycles. The van der Waals surface area contributed by atoms with Crippen LogP contribution in [0.2, 0.25) is 0 Å². The number of carbonyl (C=O) groups is 1. The van der Waals surface area contributed by atoms with E-state index in [9.17, 15) is 4.79 Å². The molecule has 1 saturated carbocycles. The molecule has 2 aromatic rings. The number of aldehydes is 1. The molecular formula is C11H12N2O2S. The number of aromatic nitrogens is 2. The number of thiazole rings is 1. The Morgan fingerprint density at radius 3 is 3.06 bits per heavy atom. The molecule has 0 bridgehead atoms. The molecule has 3 rings (SSSR count). The summed E-state index contributed by atoms with van der Waals surface area (Å²) < 4.78 is 7.56. The molecule has 0 atom stereocenters. The van der Waals surface area contributed by atoms with Gasteiger partial charge in [-0.1, -0.05) is 0 Å². The van der Waals surface area contributed by atoms with E-state index < -0.39 is 0 Å². The zero-order valence-electron chi connectivity index (χ0n) is 8.76. The molecule has 1 fully saturated rings. The van der Waals surface area contributed by atoms with Gasteiger partial charge >= 0.3 is 0 Å². The maximum Gasteiger partial charge on any atom is 0.244 e. The quantitative estimate of drug-likeness (QED) is 0.769. The Hall–Kier alpha value is -1.36. The summed E-state index contributed by atoms with van der Waals surface area (Å²) in [5, 5.41) is 1.91. The van der Waals surface area contributed by atoms with E-state index in [2.05, 4.69) is 4.98 Å². The van der Waals surface area contributed by atoms with E-state index in [1.54, 1.807) is 4.40 Å². The second-order valence-electron chi connectivity index (χ2n) is 4.00. The molecule has 0 unspecified atom stereocenters. The summed E-state index contributed by atoms with van der Waals surface area (Å²) in [6.45, 7) is 0. The second kappa shape index (κ2) is 3.90. The summed E-state index contributed by atoms with van der Waals surface area (Å²) in [6, 6.07) is 0. The number of hydrogen-bond donors (Lipinski definition) is 0. The molecular weight excluding hydrogens is 224 g/mol. The van der Waals surface area contributed by atoms with Gasteiger partial charge in [0.15, 0.2) is 16.9 Å². The fourth-order valence-electron chi connectivity index (χ4n) is 2.14. The molecule has 84 valence electrons. The van der Waals surface area contributed by atoms with Crippen LogP contribution in [0.5, 0.6) is 5.88 Å². The molecule has 0 amide bonds. The molecule has 0 N–H and O–H groups in total. The average molecular weight is 236 g/mol. The number of ether oxygens (including phenoxy) is 1. The minimum absolute atomic E-state index is 0.239. The lowest BCUT2D eigenvalue weighted by Gasteiger charge is -2.10. The summed E-state index contributed by atoms with van der Waals surface area (Å²) in [7, 11) is 0. The van der Waals surface area contributed by atoms with Gasteiger partial charge in [-0.3, -0.25) is 9.20 Å². The largest absolute Gasteiger partial charge is 0.473 e. The Bertz CT molecular complexity index is 511. The number of hydrogen-bond acceptors (Lipinski definition) is 4. The molecule has 0 aromatic carbocycles. The van der Waals surface area contributed by atoms with Crippen LogP contribution >= 0.6 is 11.3 Å². The van der Waals surface area contributed by atoms with E-state index in [-0.39, 0.29) is 6.10 Å². The normalized spacial score (nSPS) is 17.0. The first-order valence-corrected chi connectivity index (χ1v) is 6.34. The van der Waals surface area contributed by atoms with Crippen molar-refractivity contribution >= 4 is 22.6 Å². The summed E-state index contributed by atoms with van der Waals surface area (Å²) >= 11 is 1.51. The van der Waals surface area contributed by atoms with Crippen LogP contribution in [0, 0.1) is 0 Å². The van der Waals surface area contributed by atoms with E-state index >= 15 is 0 Å². The van der Waals surface area contributed by atoms with Crippen LogP contribution in [-0.2, 0) is 0 Å². The highest BCUT2D eigenvalue weighted by atomic mass is 32.1. The number of carbonyl (C=O) groups excluding carboxylic acids is 1. The number of fused-ring (bicyclic) bond motifs is 1. The van der Waals surface area contributed by atoms with Crippen LogP contribution in [0.3, 0.4) is 0 Å². The Labute approximate surface area is 96.9 Å². The highest BCUT2D eigenvalue weighted by Crippen LogP contribution is 2.27. The second-order valence-corrected chi connectivity index (χ2v) is 4.87. The van der Waals surface area contributed by atoms with Crippen LogP contribution in [0.1, 0.15) is 36.2 Å². The van der Waals surface area contributed by atoms with Crippen molar-refractivity contribution in [2.24, 2.45) is 0 Å². The van der Waals surface area contributed by atoms with Crippen LogP contribution < -0.4 is 4.74 Å². The summed E-state index contributed by atoms with van der Waals surface area (Å²) in [5.41, 5.74) is 0.531. The van der Waals surface area contributed by atoms with Crippen molar-refractivity contribution in [1.29, 1.82) is 0 Å². The Balaban J connectivity index is 1.95. The third-order valence-corrected chi connectivity index (χ3v) is 3.71. The van der Waals surface area contributed by atoms with E-state index in [1.807, 2.05) is 11.6 Å². The monoisotopic (exact) mass is 236 g/mol. The van der Waals surface area contributed by atoms with Gasteiger partial charge in [0.25, 0.3) is 0 Å². The number of nitrogens with zero attached hydrogens (tertiary/aromatic N) is 2. The van der Waals surface area contributed by atoms with Crippen molar-refractivity contribution in [3.05, 3.63) is 17.3 Å². The lowest BCUT2D eigenvalue weighted by Crippen LogP contribution is -2.12. The van der Waals surface area contributed by atoms with Gasteiger partial charge in [-0.05, 0) is 25.7 Å². The average Bonchev–Trinajstić information content (AvgIpc) is 2.93. The topological polar surface area (TPSA) is 43.6 Å². The van der Waals surface area contributed by atoms with Crippen molar-refractivity contribution in [3.8, 4) is 5.88 Å². The highest BCUT2D eigenvalue weighted by molar-refractivity contribution is 7.15. The van der Waals surface area contributed by atoms with E-state index in [1.165, 1.54) is 24.2 Å². The molecule has 1 aliphatic carbocycles. The van der Waals surface area contributed by atoms with Crippen molar-refractivity contribution in [2.45, 2.75) is 31.8 Å². The molecule has 4 nitrogen and oxygen atoms in total. The zero-order valence-corrected chi connectivity index (χ0v) is 9.57. The predicted molar refractivity (Wildman–Crippen MR) is 61.3 cm³/mol. The van der Waals surface area contributed by atoms with E-state index in [0.29, 0.717) is 11.6 Å². The predicted octanol–water partition coefficient (Wildman–Crippen LogP) is 2.53. The minimum atomic E-state index is 0.239. The first-order chi connectivity index (χ1) is 7.88. The van der Waals surface area contributed by atoms with Crippen molar-refractivity contribution in [2.75, 3.05) is 0 Å². The van der Waals surface area contributed by atoms with Gasteiger partial charge in [-0.25, -0.2) is 0 Å². The summed E-state index contributed by atoms with van der Waals surface area (Å²) in [4.78, 5) is 16.2. The fourth-order valence-corrected chi connectivity index (χ4v) is 2.85. The Morgan fingerprint density at radius 2 is 2.31 bits per heavy atom. The van der Waals surface area contributed by atoms with Gasteiger partial charge in [0, 0.05) is 11.6 Å². The first kappa shape index (κ1) is 9.84. The summed E-state index contributed by atoms with van der Waals surface area (Å²) in [6.07, 6.45) is 7.47. The third kappa shape index (κ3) is 1.51. The van der Waals surface area contributed by atoms with Crippen molar-refractivity contribution < 1.29 is 9.53 Å². The SMILES string of the molecule is O=Cc1c(OC2CCCC2)nc2sccn12.